The van der Waals surface area contributed by atoms with Crippen molar-refractivity contribution in [3.05, 3.63) is 52.3 Å². The third kappa shape index (κ3) is 5.38. The van der Waals surface area contributed by atoms with Crippen molar-refractivity contribution in [2.24, 2.45) is 0 Å². The van der Waals surface area contributed by atoms with Crippen LogP contribution in [0.15, 0.2) is 30.6 Å². The number of nitrogens with one attached hydrogen (secondary N) is 3. The largest absolute Gasteiger partial charge is 0.393 e. The van der Waals surface area contributed by atoms with Gasteiger partial charge in [-0.3, -0.25) is 9.69 Å². The van der Waals surface area contributed by atoms with E-state index in [0.29, 0.717) is 47.6 Å². The number of rotatable bonds is 7. The monoisotopic (exact) mass is 527 g/mol. The number of thiophene rings is 1. The van der Waals surface area contributed by atoms with Crippen LogP contribution in [0.5, 0.6) is 0 Å². The SMILES string of the molecule is Cc1c(CN2CCC(Nc3ncnc4sc(CC(F)(F)F)cc34)CC2NC=O)ccc2[nH]c(C#N)cc12. The topological polar surface area (TPSA) is 110 Å². The predicted octanol–water partition coefficient (Wildman–Crippen LogP) is 4.61. The first-order valence-corrected chi connectivity index (χ1v) is 12.6. The Morgan fingerprint density at radius 2 is 2.14 bits per heavy atom. The summed E-state index contributed by atoms with van der Waals surface area (Å²) < 4.78 is 38.6. The van der Waals surface area contributed by atoms with E-state index in [2.05, 4.69) is 36.6 Å². The number of anilines is 1. The minimum atomic E-state index is -4.29. The molecule has 1 aliphatic heterocycles. The number of alkyl halides is 3. The van der Waals surface area contributed by atoms with Crippen LogP contribution in [0.3, 0.4) is 0 Å². The molecule has 192 valence electrons. The molecule has 2 unspecified atom stereocenters. The molecule has 0 radical (unpaired) electrons. The van der Waals surface area contributed by atoms with Crippen LogP contribution in [0.25, 0.3) is 21.1 Å². The van der Waals surface area contributed by atoms with E-state index in [9.17, 15) is 23.2 Å². The Bertz CT molecular complexity index is 1490. The molecule has 3 N–H and O–H groups in total. The van der Waals surface area contributed by atoms with Gasteiger partial charge in [-0.15, -0.1) is 11.3 Å². The molecular weight excluding hydrogens is 503 g/mol. The van der Waals surface area contributed by atoms with Gasteiger partial charge in [-0.05, 0) is 42.7 Å². The molecule has 0 bridgehead atoms. The number of H-pyrrole nitrogens is 1. The molecule has 4 heterocycles. The third-order valence-corrected chi connectivity index (χ3v) is 7.79. The molecule has 1 saturated heterocycles. The molecular formula is C25H24F3N7OS. The van der Waals surface area contributed by atoms with Gasteiger partial charge in [0.25, 0.3) is 0 Å². The van der Waals surface area contributed by atoms with Gasteiger partial charge in [0.15, 0.2) is 0 Å². The maximum absolute atomic E-state index is 12.9. The van der Waals surface area contributed by atoms with Crippen LogP contribution in [0, 0.1) is 18.3 Å². The third-order valence-electron chi connectivity index (χ3n) is 6.75. The highest BCUT2D eigenvalue weighted by Gasteiger charge is 2.31. The van der Waals surface area contributed by atoms with Crippen molar-refractivity contribution in [2.45, 2.75) is 51.1 Å². The molecule has 1 aromatic carbocycles. The summed E-state index contributed by atoms with van der Waals surface area (Å²) >= 11 is 1.02. The molecule has 12 heteroatoms. The second-order valence-corrected chi connectivity index (χ2v) is 10.3. The van der Waals surface area contributed by atoms with Gasteiger partial charge in [-0.1, -0.05) is 6.07 Å². The highest BCUT2D eigenvalue weighted by molar-refractivity contribution is 7.18. The van der Waals surface area contributed by atoms with E-state index in [0.717, 1.165) is 39.8 Å². The van der Waals surface area contributed by atoms with Crippen molar-refractivity contribution in [3.8, 4) is 6.07 Å². The lowest BCUT2D eigenvalue weighted by Crippen LogP contribution is -2.52. The highest BCUT2D eigenvalue weighted by atomic mass is 32.1. The van der Waals surface area contributed by atoms with Crippen molar-refractivity contribution in [1.82, 2.24) is 25.2 Å². The van der Waals surface area contributed by atoms with Crippen molar-refractivity contribution in [3.63, 3.8) is 0 Å². The number of hydrogen-bond donors (Lipinski definition) is 3. The first kappa shape index (κ1) is 25.0. The normalized spacial score (nSPS) is 18.7. The van der Waals surface area contributed by atoms with E-state index in [1.807, 2.05) is 25.1 Å². The maximum Gasteiger partial charge on any atom is 0.393 e. The van der Waals surface area contributed by atoms with Gasteiger partial charge in [0, 0.05) is 41.3 Å². The minimum Gasteiger partial charge on any atom is -0.367 e. The van der Waals surface area contributed by atoms with Gasteiger partial charge in [-0.25, -0.2) is 9.97 Å². The number of nitrogens with zero attached hydrogens (tertiary/aromatic N) is 4. The van der Waals surface area contributed by atoms with Crippen LogP contribution < -0.4 is 10.6 Å². The van der Waals surface area contributed by atoms with Gasteiger partial charge < -0.3 is 15.6 Å². The Labute approximate surface area is 214 Å². The first-order valence-electron chi connectivity index (χ1n) is 11.8. The first-order chi connectivity index (χ1) is 17.7. The van der Waals surface area contributed by atoms with Crippen molar-refractivity contribution < 1.29 is 18.0 Å². The number of aromatic amines is 1. The van der Waals surface area contributed by atoms with Crippen LogP contribution in [-0.2, 0) is 17.8 Å². The number of hydrogen-bond acceptors (Lipinski definition) is 7. The predicted molar refractivity (Wildman–Crippen MR) is 135 cm³/mol. The number of halogens is 3. The summed E-state index contributed by atoms with van der Waals surface area (Å²) in [7, 11) is 0. The number of likely N-dealkylation sites (tertiary alicyclic amines) is 1. The van der Waals surface area contributed by atoms with E-state index in [1.54, 1.807) is 0 Å². The number of aryl methyl sites for hydroxylation is 1. The molecule has 1 aliphatic rings. The zero-order valence-electron chi connectivity index (χ0n) is 19.9. The van der Waals surface area contributed by atoms with Gasteiger partial charge in [0.2, 0.25) is 6.41 Å². The van der Waals surface area contributed by atoms with Gasteiger partial charge in [0.05, 0.1) is 18.0 Å². The Morgan fingerprint density at radius 1 is 1.30 bits per heavy atom. The van der Waals surface area contributed by atoms with Gasteiger partial charge in [-0.2, -0.15) is 18.4 Å². The smallest absolute Gasteiger partial charge is 0.367 e. The zero-order valence-corrected chi connectivity index (χ0v) is 20.7. The average Bonchev–Trinajstić information content (AvgIpc) is 3.46. The van der Waals surface area contributed by atoms with E-state index in [1.165, 1.54) is 12.4 Å². The molecule has 4 aromatic rings. The maximum atomic E-state index is 12.9. The van der Waals surface area contributed by atoms with Crippen LogP contribution in [0.2, 0.25) is 0 Å². The fourth-order valence-corrected chi connectivity index (χ4v) is 5.96. The lowest BCUT2D eigenvalue weighted by Gasteiger charge is -2.39. The second-order valence-electron chi connectivity index (χ2n) is 9.19. The fraction of sp³-hybridized carbons (Fsp3) is 0.360. The van der Waals surface area contributed by atoms with Gasteiger partial charge >= 0.3 is 6.18 Å². The summed E-state index contributed by atoms with van der Waals surface area (Å²) in [5, 5.41) is 17.1. The number of amides is 1. The van der Waals surface area contributed by atoms with Gasteiger partial charge in [0.1, 0.15) is 28.7 Å². The average molecular weight is 528 g/mol. The Morgan fingerprint density at radius 3 is 2.89 bits per heavy atom. The summed E-state index contributed by atoms with van der Waals surface area (Å²) in [6, 6.07) is 9.44. The minimum absolute atomic E-state index is 0.0378. The number of carbonyl (C=O) groups is 1. The summed E-state index contributed by atoms with van der Waals surface area (Å²) in [5.74, 6) is 0.500. The Kier molecular flexibility index (Phi) is 6.74. The second kappa shape index (κ2) is 9.99. The quantitative estimate of drug-likeness (QED) is 0.303. The standard InChI is InChI=1S/C25H24F3N7OS/c1-14-15(2-3-21-19(14)6-17(10-29)33-21)11-35-5-4-16(7-22(35)32-13-36)34-23-20-8-18(9-25(26,27)28)37-24(20)31-12-30-23/h2-3,6,8,12-13,16,22,33H,4-5,7,9,11H2,1H3,(H,32,36)(H,30,31,34). The summed E-state index contributed by atoms with van der Waals surface area (Å²) in [6.07, 6.45) is -2.13. The number of nitriles is 1. The molecule has 0 aliphatic carbocycles. The Balaban J connectivity index is 1.31. The molecule has 2 atom stereocenters. The fourth-order valence-electron chi connectivity index (χ4n) is 4.93. The summed E-state index contributed by atoms with van der Waals surface area (Å²) in [4.78, 5) is 25.8. The molecule has 5 rings (SSSR count). The zero-order chi connectivity index (χ0) is 26.2. The molecule has 37 heavy (non-hydrogen) atoms. The Hall–Kier alpha value is -3.69. The number of carbonyl (C=O) groups excluding carboxylic acids is 1. The number of benzene rings is 1. The van der Waals surface area contributed by atoms with E-state index in [4.69, 9.17) is 0 Å². The van der Waals surface area contributed by atoms with E-state index < -0.39 is 12.6 Å². The van der Waals surface area contributed by atoms with Crippen LogP contribution >= 0.6 is 11.3 Å². The van der Waals surface area contributed by atoms with Crippen molar-refractivity contribution >= 4 is 44.7 Å². The van der Waals surface area contributed by atoms with E-state index >= 15 is 0 Å². The molecule has 1 amide bonds. The van der Waals surface area contributed by atoms with Crippen LogP contribution in [-0.4, -0.2) is 51.2 Å². The molecule has 0 spiro atoms. The van der Waals surface area contributed by atoms with Crippen LogP contribution in [0.1, 0.15) is 34.5 Å². The number of aromatic nitrogens is 3. The molecule has 8 nitrogen and oxygen atoms in total. The molecule has 3 aromatic heterocycles. The molecule has 1 fully saturated rings. The van der Waals surface area contributed by atoms with Crippen molar-refractivity contribution in [1.29, 1.82) is 5.26 Å². The number of piperidine rings is 1. The van der Waals surface area contributed by atoms with E-state index in [-0.39, 0.29) is 17.1 Å². The highest BCUT2D eigenvalue weighted by Crippen LogP contribution is 2.33. The lowest BCUT2D eigenvalue weighted by atomic mass is 9.98. The summed E-state index contributed by atoms with van der Waals surface area (Å²) in [6.45, 7) is 3.34. The molecule has 0 saturated carbocycles. The number of fused-ring (bicyclic) bond motifs is 2. The lowest BCUT2D eigenvalue weighted by molar-refractivity contribution is -0.126. The summed E-state index contributed by atoms with van der Waals surface area (Å²) in [5.41, 5.74) is 3.60. The van der Waals surface area contributed by atoms with Crippen LogP contribution in [0.4, 0.5) is 19.0 Å². The van der Waals surface area contributed by atoms with Crippen molar-refractivity contribution in [2.75, 3.05) is 11.9 Å².